The number of aromatic nitrogens is 2. The minimum atomic E-state index is -0.327. The van der Waals surface area contributed by atoms with Gasteiger partial charge in [0, 0.05) is 18.0 Å². The summed E-state index contributed by atoms with van der Waals surface area (Å²) in [5.41, 5.74) is 7.27. The van der Waals surface area contributed by atoms with Gasteiger partial charge in [-0.25, -0.2) is 0 Å². The van der Waals surface area contributed by atoms with Gasteiger partial charge in [0.1, 0.15) is 0 Å². The number of rotatable bonds is 5. The summed E-state index contributed by atoms with van der Waals surface area (Å²) in [7, 11) is 4.34. The van der Waals surface area contributed by atoms with Crippen LogP contribution in [0.3, 0.4) is 0 Å². The molecule has 0 radical (unpaired) electrons. The number of primary amides is 1. The number of nitrogens with zero attached hydrogens (tertiary/aromatic N) is 3. The molecule has 0 saturated heterocycles. The van der Waals surface area contributed by atoms with Gasteiger partial charge in [-0.1, -0.05) is 18.2 Å². The average molecular weight is 314 g/mol. The highest BCUT2D eigenvalue weighted by Crippen LogP contribution is 2.29. The van der Waals surface area contributed by atoms with Gasteiger partial charge in [0.2, 0.25) is 5.91 Å². The molecule has 0 aliphatic heterocycles. The smallest absolute Gasteiger partial charge is 0.223 e. The van der Waals surface area contributed by atoms with E-state index in [9.17, 15) is 4.79 Å². The Morgan fingerprint density at radius 3 is 2.61 bits per heavy atom. The van der Waals surface area contributed by atoms with Crippen LogP contribution in [0.4, 0.5) is 0 Å². The fourth-order valence-corrected chi connectivity index (χ4v) is 3.72. The van der Waals surface area contributed by atoms with Crippen molar-refractivity contribution in [1.82, 2.24) is 14.7 Å². The maximum atomic E-state index is 11.3. The fraction of sp³-hybridized carbons (Fsp3) is 0.556. The SMILES string of the molecule is CN(C)[C@H]1CC[C@@H](Cn2nc(CC(N)=O)c3ccccc32)CC1. The third-order valence-corrected chi connectivity index (χ3v) is 5.05. The van der Waals surface area contributed by atoms with Crippen LogP contribution in [0.5, 0.6) is 0 Å². The van der Waals surface area contributed by atoms with Crippen molar-refractivity contribution in [3.63, 3.8) is 0 Å². The summed E-state index contributed by atoms with van der Waals surface area (Å²) in [4.78, 5) is 13.6. The normalized spacial score (nSPS) is 21.9. The molecule has 124 valence electrons. The maximum Gasteiger partial charge on any atom is 0.223 e. The van der Waals surface area contributed by atoms with E-state index in [0.717, 1.165) is 23.1 Å². The van der Waals surface area contributed by atoms with Gasteiger partial charge < -0.3 is 10.6 Å². The lowest BCUT2D eigenvalue weighted by Gasteiger charge is -2.32. The van der Waals surface area contributed by atoms with Crippen molar-refractivity contribution >= 4 is 16.8 Å². The van der Waals surface area contributed by atoms with Crippen LogP contribution in [0.15, 0.2) is 24.3 Å². The number of nitrogens with two attached hydrogens (primary N) is 1. The molecule has 1 aromatic carbocycles. The lowest BCUT2D eigenvalue weighted by atomic mass is 9.85. The second-order valence-electron chi connectivity index (χ2n) is 6.93. The largest absolute Gasteiger partial charge is 0.369 e. The zero-order valence-corrected chi connectivity index (χ0v) is 14.0. The van der Waals surface area contributed by atoms with Crippen LogP contribution < -0.4 is 5.73 Å². The van der Waals surface area contributed by atoms with Crippen molar-refractivity contribution < 1.29 is 4.79 Å². The minimum Gasteiger partial charge on any atom is -0.369 e. The van der Waals surface area contributed by atoms with E-state index >= 15 is 0 Å². The number of fused-ring (bicyclic) bond motifs is 1. The molecule has 2 N–H and O–H groups in total. The first-order chi connectivity index (χ1) is 11.0. The Labute approximate surface area is 137 Å². The van der Waals surface area contributed by atoms with Gasteiger partial charge in [-0.05, 0) is 51.8 Å². The second-order valence-corrected chi connectivity index (χ2v) is 6.93. The van der Waals surface area contributed by atoms with Crippen LogP contribution in [0.25, 0.3) is 10.9 Å². The molecule has 3 rings (SSSR count). The molecule has 1 aromatic heterocycles. The van der Waals surface area contributed by atoms with E-state index in [1.807, 2.05) is 18.2 Å². The van der Waals surface area contributed by atoms with E-state index in [1.165, 1.54) is 25.7 Å². The van der Waals surface area contributed by atoms with Gasteiger partial charge in [0.05, 0.1) is 17.6 Å². The second kappa shape index (κ2) is 6.71. The minimum absolute atomic E-state index is 0.209. The third-order valence-electron chi connectivity index (χ3n) is 5.05. The number of hydrogen-bond donors (Lipinski definition) is 1. The summed E-state index contributed by atoms with van der Waals surface area (Å²) < 4.78 is 2.08. The molecule has 5 nitrogen and oxygen atoms in total. The molecule has 1 saturated carbocycles. The highest BCUT2D eigenvalue weighted by Gasteiger charge is 2.23. The van der Waals surface area contributed by atoms with Crippen molar-refractivity contribution in [2.45, 2.75) is 44.7 Å². The van der Waals surface area contributed by atoms with Crippen LogP contribution in [0, 0.1) is 5.92 Å². The van der Waals surface area contributed by atoms with Gasteiger partial charge >= 0.3 is 0 Å². The standard InChI is InChI=1S/C18H26N4O/c1-21(2)14-9-7-13(8-10-14)12-22-17-6-4-3-5-15(17)16(20-22)11-18(19)23/h3-6,13-14H,7-12H2,1-2H3,(H2,19,23)/t13-,14+. The van der Waals surface area contributed by atoms with Crippen LogP contribution in [0.2, 0.25) is 0 Å². The van der Waals surface area contributed by atoms with E-state index in [2.05, 4.69) is 34.8 Å². The first-order valence-electron chi connectivity index (χ1n) is 8.43. The number of carbonyl (C=O) groups is 1. The Hall–Kier alpha value is -1.88. The average Bonchev–Trinajstić information content (AvgIpc) is 2.85. The van der Waals surface area contributed by atoms with Crippen molar-refractivity contribution in [3.05, 3.63) is 30.0 Å². The number of para-hydroxylation sites is 1. The van der Waals surface area contributed by atoms with E-state index in [4.69, 9.17) is 5.73 Å². The maximum absolute atomic E-state index is 11.3. The lowest BCUT2D eigenvalue weighted by molar-refractivity contribution is -0.117. The third kappa shape index (κ3) is 3.55. The molecular formula is C18H26N4O. The van der Waals surface area contributed by atoms with E-state index in [1.54, 1.807) is 0 Å². The molecule has 1 aliphatic rings. The molecule has 0 atom stereocenters. The molecule has 23 heavy (non-hydrogen) atoms. The predicted octanol–water partition coefficient (Wildman–Crippen LogP) is 2.18. The summed E-state index contributed by atoms with van der Waals surface area (Å²) >= 11 is 0. The van der Waals surface area contributed by atoms with Crippen LogP contribution in [-0.2, 0) is 17.8 Å². The van der Waals surface area contributed by atoms with Crippen molar-refractivity contribution in [2.75, 3.05) is 14.1 Å². The molecule has 1 heterocycles. The number of carbonyl (C=O) groups excluding carboxylic acids is 1. The van der Waals surface area contributed by atoms with Crippen molar-refractivity contribution in [2.24, 2.45) is 11.7 Å². The van der Waals surface area contributed by atoms with E-state index in [0.29, 0.717) is 12.0 Å². The quantitative estimate of drug-likeness (QED) is 0.920. The summed E-state index contributed by atoms with van der Waals surface area (Å²) in [5, 5.41) is 5.73. The fourth-order valence-electron chi connectivity index (χ4n) is 3.72. The summed E-state index contributed by atoms with van der Waals surface area (Å²) in [6, 6.07) is 8.84. The first kappa shape index (κ1) is 16.0. The summed E-state index contributed by atoms with van der Waals surface area (Å²) in [5.74, 6) is 0.336. The zero-order chi connectivity index (χ0) is 16.4. The predicted molar refractivity (Wildman–Crippen MR) is 92.1 cm³/mol. The molecule has 1 amide bonds. The number of hydrogen-bond acceptors (Lipinski definition) is 3. The van der Waals surface area contributed by atoms with E-state index < -0.39 is 0 Å². The van der Waals surface area contributed by atoms with Crippen LogP contribution >= 0.6 is 0 Å². The first-order valence-corrected chi connectivity index (χ1v) is 8.43. The number of benzene rings is 1. The molecule has 0 unspecified atom stereocenters. The van der Waals surface area contributed by atoms with Crippen molar-refractivity contribution in [3.8, 4) is 0 Å². The lowest BCUT2D eigenvalue weighted by Crippen LogP contribution is -2.33. The van der Waals surface area contributed by atoms with Gasteiger partial charge in [-0.15, -0.1) is 0 Å². The number of amides is 1. The Kier molecular flexibility index (Phi) is 4.66. The van der Waals surface area contributed by atoms with Gasteiger partial charge in [0.25, 0.3) is 0 Å². The molecule has 2 aromatic rings. The summed E-state index contributed by atoms with van der Waals surface area (Å²) in [6.07, 6.45) is 5.20. The Morgan fingerprint density at radius 2 is 1.96 bits per heavy atom. The molecule has 0 spiro atoms. The van der Waals surface area contributed by atoms with Crippen LogP contribution in [0.1, 0.15) is 31.4 Å². The Bertz CT molecular complexity index is 683. The van der Waals surface area contributed by atoms with E-state index in [-0.39, 0.29) is 12.3 Å². The highest BCUT2D eigenvalue weighted by atomic mass is 16.1. The molecule has 5 heteroatoms. The summed E-state index contributed by atoms with van der Waals surface area (Å²) in [6.45, 7) is 0.930. The highest BCUT2D eigenvalue weighted by molar-refractivity contribution is 5.87. The van der Waals surface area contributed by atoms with Gasteiger partial charge in [-0.3, -0.25) is 9.48 Å². The van der Waals surface area contributed by atoms with Gasteiger partial charge in [0.15, 0.2) is 0 Å². The Morgan fingerprint density at radius 1 is 1.26 bits per heavy atom. The molecule has 1 aliphatic carbocycles. The van der Waals surface area contributed by atoms with Crippen LogP contribution in [-0.4, -0.2) is 40.7 Å². The monoisotopic (exact) mass is 314 g/mol. The molecule has 0 bridgehead atoms. The molecule has 1 fully saturated rings. The van der Waals surface area contributed by atoms with Crippen molar-refractivity contribution in [1.29, 1.82) is 0 Å². The topological polar surface area (TPSA) is 64.2 Å². The molecular weight excluding hydrogens is 288 g/mol. The Balaban J connectivity index is 1.77. The van der Waals surface area contributed by atoms with Gasteiger partial charge in [-0.2, -0.15) is 5.10 Å². The zero-order valence-electron chi connectivity index (χ0n) is 14.0.